The third kappa shape index (κ3) is 2.59. The van der Waals surface area contributed by atoms with Crippen LogP contribution in [0.1, 0.15) is 12.6 Å². The zero-order valence-electron chi connectivity index (χ0n) is 9.03. The van der Waals surface area contributed by atoms with Gasteiger partial charge < -0.3 is 9.67 Å². The number of aryl methyl sites for hydroxylation is 1. The van der Waals surface area contributed by atoms with Crippen molar-refractivity contribution in [3.05, 3.63) is 34.5 Å². The van der Waals surface area contributed by atoms with Gasteiger partial charge >= 0.3 is 5.97 Å². The molecule has 1 aromatic heterocycles. The molecule has 0 fully saturated rings. The number of rotatable bonds is 3. The summed E-state index contributed by atoms with van der Waals surface area (Å²) in [5, 5.41) is 10.5. The van der Waals surface area contributed by atoms with Crippen molar-refractivity contribution in [2.75, 3.05) is 0 Å². The third-order valence-corrected chi connectivity index (χ3v) is 2.17. The van der Waals surface area contributed by atoms with Crippen LogP contribution in [-0.4, -0.2) is 15.6 Å². The van der Waals surface area contributed by atoms with Crippen LogP contribution in [-0.2, 0) is 11.3 Å². The molecule has 0 amide bonds. The van der Waals surface area contributed by atoms with Crippen LogP contribution < -0.4 is 10.6 Å². The van der Waals surface area contributed by atoms with E-state index in [0.29, 0.717) is 0 Å². The molecule has 0 aliphatic rings. The van der Waals surface area contributed by atoms with Crippen molar-refractivity contribution in [1.82, 2.24) is 4.57 Å². The van der Waals surface area contributed by atoms with Gasteiger partial charge in [-0.3, -0.25) is 4.79 Å². The van der Waals surface area contributed by atoms with E-state index < -0.39 is 5.97 Å². The highest BCUT2D eigenvalue weighted by Gasteiger charge is 2.04. The van der Waals surface area contributed by atoms with E-state index in [1.54, 1.807) is 4.57 Å². The van der Waals surface area contributed by atoms with Gasteiger partial charge in [0.2, 0.25) is 0 Å². The lowest BCUT2D eigenvalue weighted by atomic mass is 10.4. The quantitative estimate of drug-likeness (QED) is 0.787. The summed E-state index contributed by atoms with van der Waals surface area (Å²) in [6, 6.07) is 1.89. The standard InChI is InChI=1S/C12H15NO2/c1-4-5-6-11-9(2)7-10(3)13(11)8-12(14)15/h4-7H,2,8H2,1,3H3,(H,14,15)/b5-4-,11-6+. The normalized spacial score (nSPS) is 12.5. The van der Waals surface area contributed by atoms with Gasteiger partial charge in [-0.1, -0.05) is 18.7 Å². The smallest absolute Gasteiger partial charge is 0.323 e. The van der Waals surface area contributed by atoms with Crippen molar-refractivity contribution < 1.29 is 9.90 Å². The van der Waals surface area contributed by atoms with Crippen LogP contribution in [0.2, 0.25) is 0 Å². The lowest BCUT2D eigenvalue weighted by molar-refractivity contribution is -0.137. The molecule has 3 heteroatoms. The van der Waals surface area contributed by atoms with Gasteiger partial charge in [0.15, 0.2) is 0 Å². The van der Waals surface area contributed by atoms with E-state index in [0.717, 1.165) is 16.3 Å². The Morgan fingerprint density at radius 2 is 2.33 bits per heavy atom. The molecule has 0 unspecified atom stereocenters. The van der Waals surface area contributed by atoms with E-state index in [2.05, 4.69) is 6.58 Å². The predicted molar refractivity (Wildman–Crippen MR) is 60.9 cm³/mol. The van der Waals surface area contributed by atoms with Crippen molar-refractivity contribution in [1.29, 1.82) is 0 Å². The Morgan fingerprint density at radius 3 is 2.87 bits per heavy atom. The molecule has 3 nitrogen and oxygen atoms in total. The molecule has 0 radical (unpaired) electrons. The molecule has 15 heavy (non-hydrogen) atoms. The monoisotopic (exact) mass is 205 g/mol. The first-order valence-electron chi connectivity index (χ1n) is 4.76. The number of hydrogen-bond donors (Lipinski definition) is 1. The third-order valence-electron chi connectivity index (χ3n) is 2.17. The van der Waals surface area contributed by atoms with Crippen molar-refractivity contribution in [3.63, 3.8) is 0 Å². The summed E-state index contributed by atoms with van der Waals surface area (Å²) >= 11 is 0. The summed E-state index contributed by atoms with van der Waals surface area (Å²) < 4.78 is 1.74. The van der Waals surface area contributed by atoms with Crippen molar-refractivity contribution in [2.24, 2.45) is 0 Å². The lowest BCUT2D eigenvalue weighted by Gasteiger charge is -2.01. The van der Waals surface area contributed by atoms with Crippen LogP contribution in [0.4, 0.5) is 0 Å². The summed E-state index contributed by atoms with van der Waals surface area (Å²) in [5.74, 6) is -0.844. The Hall–Kier alpha value is -1.77. The first-order valence-corrected chi connectivity index (χ1v) is 4.76. The van der Waals surface area contributed by atoms with Gasteiger partial charge in [-0.15, -0.1) is 0 Å². The zero-order valence-corrected chi connectivity index (χ0v) is 9.03. The molecule has 0 atom stereocenters. The van der Waals surface area contributed by atoms with E-state index in [1.807, 2.05) is 38.1 Å². The van der Waals surface area contributed by atoms with E-state index in [9.17, 15) is 4.79 Å². The Morgan fingerprint density at radius 1 is 1.67 bits per heavy atom. The number of carboxylic acids is 1. The first-order chi connectivity index (χ1) is 7.06. The van der Waals surface area contributed by atoms with Gasteiger partial charge in [-0.2, -0.15) is 0 Å². The maximum atomic E-state index is 10.7. The van der Waals surface area contributed by atoms with Gasteiger partial charge in [-0.05, 0) is 31.2 Å². The van der Waals surface area contributed by atoms with E-state index in [1.165, 1.54) is 0 Å². The second-order valence-corrected chi connectivity index (χ2v) is 3.37. The van der Waals surface area contributed by atoms with Crippen molar-refractivity contribution in [2.45, 2.75) is 20.4 Å². The minimum absolute atomic E-state index is 0.0231. The van der Waals surface area contributed by atoms with Crippen LogP contribution in [0.5, 0.6) is 0 Å². The van der Waals surface area contributed by atoms with Gasteiger partial charge in [0.1, 0.15) is 6.54 Å². The van der Waals surface area contributed by atoms with E-state index in [4.69, 9.17) is 5.11 Å². The number of carboxylic acid groups (broad SMARTS) is 1. The highest BCUT2D eigenvalue weighted by molar-refractivity contribution is 5.66. The predicted octanol–water partition coefficient (Wildman–Crippen LogP) is 0.648. The molecule has 1 aromatic rings. The molecule has 1 N–H and O–H groups in total. The van der Waals surface area contributed by atoms with E-state index in [-0.39, 0.29) is 6.54 Å². The number of hydrogen-bond acceptors (Lipinski definition) is 1. The van der Waals surface area contributed by atoms with Gasteiger partial charge in [0.25, 0.3) is 0 Å². The number of allylic oxidation sites excluding steroid dienone is 2. The van der Waals surface area contributed by atoms with Crippen molar-refractivity contribution >= 4 is 18.6 Å². The largest absolute Gasteiger partial charge is 0.480 e. The Kier molecular flexibility index (Phi) is 3.50. The highest BCUT2D eigenvalue weighted by Crippen LogP contribution is 1.90. The molecule has 0 bridgehead atoms. The molecule has 80 valence electrons. The number of aliphatic carboxylic acids is 1. The Bertz CT molecular complexity index is 494. The molecule has 1 rings (SSSR count). The SMILES string of the molecule is C=c1cc(C)n(CC(=O)O)/c1=C/C=C\C. The molecule has 0 aliphatic heterocycles. The van der Waals surface area contributed by atoms with Crippen LogP contribution in [0.3, 0.4) is 0 Å². The van der Waals surface area contributed by atoms with Gasteiger partial charge in [0, 0.05) is 11.0 Å². The van der Waals surface area contributed by atoms with Crippen molar-refractivity contribution in [3.8, 4) is 0 Å². The maximum Gasteiger partial charge on any atom is 0.323 e. The Balaban J connectivity index is 3.36. The summed E-state index contributed by atoms with van der Waals surface area (Å²) in [6.07, 6.45) is 5.65. The number of nitrogens with zero attached hydrogens (tertiary/aromatic N) is 1. The molecular formula is C12H15NO2. The zero-order chi connectivity index (χ0) is 11.4. The fourth-order valence-corrected chi connectivity index (χ4v) is 1.50. The minimum atomic E-state index is -0.844. The van der Waals surface area contributed by atoms with E-state index >= 15 is 0 Å². The van der Waals surface area contributed by atoms with Gasteiger partial charge in [0.05, 0.1) is 0 Å². The maximum absolute atomic E-state index is 10.7. The second kappa shape index (κ2) is 4.64. The highest BCUT2D eigenvalue weighted by atomic mass is 16.4. The molecule has 0 aliphatic carbocycles. The average molecular weight is 205 g/mol. The molecular weight excluding hydrogens is 190 g/mol. The van der Waals surface area contributed by atoms with Crippen LogP contribution in [0.15, 0.2) is 18.2 Å². The van der Waals surface area contributed by atoms with Crippen LogP contribution >= 0.6 is 0 Å². The molecule has 1 heterocycles. The van der Waals surface area contributed by atoms with Crippen LogP contribution in [0, 0.1) is 6.92 Å². The second-order valence-electron chi connectivity index (χ2n) is 3.37. The number of aromatic nitrogens is 1. The molecule has 0 spiro atoms. The summed E-state index contributed by atoms with van der Waals surface area (Å²) in [5.41, 5.74) is 0.915. The molecule has 0 aromatic carbocycles. The molecule has 0 saturated carbocycles. The lowest BCUT2D eigenvalue weighted by Crippen LogP contribution is -2.30. The summed E-state index contributed by atoms with van der Waals surface area (Å²) in [7, 11) is 0. The minimum Gasteiger partial charge on any atom is -0.480 e. The van der Waals surface area contributed by atoms with Gasteiger partial charge in [-0.25, -0.2) is 0 Å². The Labute approximate surface area is 88.7 Å². The number of carbonyl (C=O) groups is 1. The summed E-state index contributed by atoms with van der Waals surface area (Å²) in [4.78, 5) is 10.7. The van der Waals surface area contributed by atoms with Crippen LogP contribution in [0.25, 0.3) is 12.7 Å². The average Bonchev–Trinajstić information content (AvgIpc) is 2.39. The topological polar surface area (TPSA) is 42.2 Å². The fourth-order valence-electron chi connectivity index (χ4n) is 1.50. The fraction of sp³-hybridized carbons (Fsp3) is 0.250. The summed E-state index contributed by atoms with van der Waals surface area (Å²) in [6.45, 7) is 7.65. The first kappa shape index (κ1) is 11.3. The molecule has 0 saturated heterocycles.